The van der Waals surface area contributed by atoms with Crippen LogP contribution in [0.15, 0.2) is 24.3 Å². The smallest absolute Gasteiger partial charge is 0.337 e. The summed E-state index contributed by atoms with van der Waals surface area (Å²) in [5.41, 5.74) is 0.796. The van der Waals surface area contributed by atoms with Crippen LogP contribution >= 0.6 is 0 Å². The maximum atomic E-state index is 12.1. The molecule has 0 unspecified atom stereocenters. The van der Waals surface area contributed by atoms with Gasteiger partial charge in [-0.2, -0.15) is 0 Å². The Bertz CT molecular complexity index is 669. The number of hydrogen-bond donors (Lipinski definition) is 2. The number of carbonyl (C=O) groups excluding carboxylic acids is 4. The van der Waals surface area contributed by atoms with Gasteiger partial charge >= 0.3 is 12.0 Å². The van der Waals surface area contributed by atoms with Crippen LogP contribution in [0.1, 0.15) is 24.2 Å². The summed E-state index contributed by atoms with van der Waals surface area (Å²) in [6.45, 7) is 3.26. The number of urea groups is 1. The summed E-state index contributed by atoms with van der Waals surface area (Å²) < 4.78 is 4.58. The molecule has 1 aliphatic rings. The molecule has 0 bridgehead atoms. The molecule has 1 fully saturated rings. The largest absolute Gasteiger partial charge is 0.465 e. The first kappa shape index (κ1) is 17.5. The van der Waals surface area contributed by atoms with Crippen molar-refractivity contribution in [2.24, 2.45) is 5.92 Å². The van der Waals surface area contributed by atoms with Gasteiger partial charge in [-0.25, -0.2) is 9.59 Å². The van der Waals surface area contributed by atoms with Crippen molar-refractivity contribution in [2.75, 3.05) is 19.0 Å². The summed E-state index contributed by atoms with van der Waals surface area (Å²) >= 11 is 0. The van der Waals surface area contributed by atoms with E-state index in [1.165, 1.54) is 31.4 Å². The fourth-order valence-corrected chi connectivity index (χ4v) is 2.29. The van der Waals surface area contributed by atoms with Gasteiger partial charge < -0.3 is 15.4 Å². The lowest BCUT2D eigenvalue weighted by molar-refractivity contribution is -0.131. The second kappa shape index (κ2) is 7.12. The number of methoxy groups -OCH3 is 1. The fraction of sp³-hybridized carbons (Fsp3) is 0.375. The molecule has 2 rings (SSSR count). The molecular weight excluding hydrogens is 314 g/mol. The third kappa shape index (κ3) is 3.70. The van der Waals surface area contributed by atoms with Gasteiger partial charge in [0, 0.05) is 5.69 Å². The van der Waals surface area contributed by atoms with Crippen molar-refractivity contribution in [3.05, 3.63) is 29.8 Å². The summed E-state index contributed by atoms with van der Waals surface area (Å²) in [5.74, 6) is -1.45. The summed E-state index contributed by atoms with van der Waals surface area (Å²) in [7, 11) is 1.28. The fourth-order valence-electron chi connectivity index (χ4n) is 2.29. The van der Waals surface area contributed by atoms with Gasteiger partial charge in [-0.05, 0) is 30.2 Å². The van der Waals surface area contributed by atoms with Crippen LogP contribution in [0.5, 0.6) is 0 Å². The molecule has 1 heterocycles. The minimum Gasteiger partial charge on any atom is -0.465 e. The SMILES string of the molecule is COC(=O)c1ccc(NC(=O)CN2C(=O)N[C@H](C(C)C)C2=O)cc1. The van der Waals surface area contributed by atoms with Crippen LogP contribution in [-0.4, -0.2) is 48.4 Å². The zero-order chi connectivity index (χ0) is 17.9. The molecule has 0 spiro atoms. The average molecular weight is 333 g/mol. The summed E-state index contributed by atoms with van der Waals surface area (Å²) in [4.78, 5) is 48.2. The van der Waals surface area contributed by atoms with E-state index in [-0.39, 0.29) is 12.5 Å². The number of amides is 4. The molecule has 1 aromatic rings. The van der Waals surface area contributed by atoms with Gasteiger partial charge in [0.15, 0.2) is 0 Å². The maximum absolute atomic E-state index is 12.1. The second-order valence-electron chi connectivity index (χ2n) is 5.71. The molecule has 8 nitrogen and oxygen atoms in total. The molecule has 24 heavy (non-hydrogen) atoms. The van der Waals surface area contributed by atoms with E-state index in [1.54, 1.807) is 0 Å². The minimum atomic E-state index is -0.607. The normalized spacial score (nSPS) is 17.0. The van der Waals surface area contributed by atoms with Crippen LogP contribution in [0.25, 0.3) is 0 Å². The molecule has 0 saturated carbocycles. The van der Waals surface area contributed by atoms with Crippen molar-refractivity contribution in [1.82, 2.24) is 10.2 Å². The van der Waals surface area contributed by atoms with E-state index < -0.39 is 29.9 Å². The number of carbonyl (C=O) groups is 4. The number of ether oxygens (including phenoxy) is 1. The minimum absolute atomic E-state index is 0.0552. The molecule has 1 aliphatic heterocycles. The van der Waals surface area contributed by atoms with Crippen LogP contribution in [0, 0.1) is 5.92 Å². The highest BCUT2D eigenvalue weighted by Gasteiger charge is 2.40. The van der Waals surface area contributed by atoms with Crippen LogP contribution in [0.2, 0.25) is 0 Å². The van der Waals surface area contributed by atoms with E-state index in [0.29, 0.717) is 11.3 Å². The summed E-state index contributed by atoms with van der Waals surface area (Å²) in [6.07, 6.45) is 0. The Labute approximate surface area is 139 Å². The van der Waals surface area contributed by atoms with E-state index in [0.717, 1.165) is 4.90 Å². The molecule has 8 heteroatoms. The first-order valence-corrected chi connectivity index (χ1v) is 7.43. The third-order valence-corrected chi connectivity index (χ3v) is 3.61. The van der Waals surface area contributed by atoms with Crippen LogP contribution in [0.3, 0.4) is 0 Å². The van der Waals surface area contributed by atoms with E-state index in [1.807, 2.05) is 13.8 Å². The number of hydrogen-bond acceptors (Lipinski definition) is 5. The van der Waals surface area contributed by atoms with E-state index in [9.17, 15) is 19.2 Å². The third-order valence-electron chi connectivity index (χ3n) is 3.61. The van der Waals surface area contributed by atoms with Crippen LogP contribution in [0.4, 0.5) is 10.5 Å². The Morgan fingerprint density at radius 1 is 1.25 bits per heavy atom. The molecule has 0 radical (unpaired) electrons. The standard InChI is InChI=1S/C16H19N3O5/c1-9(2)13-14(21)19(16(23)18-13)8-12(20)17-11-6-4-10(5-7-11)15(22)24-3/h4-7,9,13H,8H2,1-3H3,(H,17,20)(H,18,23)/t13-/m1/s1. The van der Waals surface area contributed by atoms with Crippen molar-refractivity contribution < 1.29 is 23.9 Å². The number of nitrogens with zero attached hydrogens (tertiary/aromatic N) is 1. The molecule has 1 aromatic carbocycles. The first-order chi connectivity index (χ1) is 11.3. The number of nitrogens with one attached hydrogen (secondary N) is 2. The maximum Gasteiger partial charge on any atom is 0.337 e. The number of imide groups is 1. The molecule has 2 N–H and O–H groups in total. The predicted octanol–water partition coefficient (Wildman–Crippen LogP) is 0.988. The van der Waals surface area contributed by atoms with Gasteiger partial charge in [0.05, 0.1) is 12.7 Å². The number of benzene rings is 1. The number of anilines is 1. The molecule has 128 valence electrons. The molecule has 1 atom stereocenters. The second-order valence-corrected chi connectivity index (χ2v) is 5.71. The Kier molecular flexibility index (Phi) is 5.18. The van der Waals surface area contributed by atoms with Gasteiger partial charge in [-0.15, -0.1) is 0 Å². The monoisotopic (exact) mass is 333 g/mol. The average Bonchev–Trinajstić information content (AvgIpc) is 2.83. The Morgan fingerprint density at radius 3 is 2.38 bits per heavy atom. The predicted molar refractivity (Wildman–Crippen MR) is 85.3 cm³/mol. The molecule has 0 aromatic heterocycles. The lowest BCUT2D eigenvalue weighted by Crippen LogP contribution is -2.39. The molecule has 1 saturated heterocycles. The van der Waals surface area contributed by atoms with E-state index in [4.69, 9.17) is 0 Å². The van der Waals surface area contributed by atoms with Crippen LogP contribution in [-0.2, 0) is 14.3 Å². The van der Waals surface area contributed by atoms with Crippen molar-refractivity contribution in [3.63, 3.8) is 0 Å². The van der Waals surface area contributed by atoms with Crippen molar-refractivity contribution in [3.8, 4) is 0 Å². The van der Waals surface area contributed by atoms with Gasteiger partial charge in [0.1, 0.15) is 12.6 Å². The van der Waals surface area contributed by atoms with Gasteiger partial charge in [0.25, 0.3) is 5.91 Å². The van der Waals surface area contributed by atoms with Gasteiger partial charge in [-0.1, -0.05) is 13.8 Å². The Morgan fingerprint density at radius 2 is 1.88 bits per heavy atom. The number of rotatable bonds is 5. The van der Waals surface area contributed by atoms with Crippen LogP contribution < -0.4 is 10.6 Å². The first-order valence-electron chi connectivity index (χ1n) is 7.43. The Balaban J connectivity index is 1.97. The lowest BCUT2D eigenvalue weighted by atomic mass is 10.1. The topological polar surface area (TPSA) is 105 Å². The summed E-state index contributed by atoms with van der Waals surface area (Å²) in [5, 5.41) is 5.13. The quantitative estimate of drug-likeness (QED) is 0.617. The zero-order valence-electron chi connectivity index (χ0n) is 13.7. The summed E-state index contributed by atoms with van der Waals surface area (Å²) in [6, 6.07) is 4.90. The van der Waals surface area contributed by atoms with E-state index in [2.05, 4.69) is 15.4 Å². The highest BCUT2D eigenvalue weighted by Crippen LogP contribution is 2.14. The van der Waals surface area contributed by atoms with Crippen molar-refractivity contribution in [2.45, 2.75) is 19.9 Å². The Hall–Kier alpha value is -2.90. The molecular formula is C16H19N3O5. The van der Waals surface area contributed by atoms with Gasteiger partial charge in [-0.3, -0.25) is 14.5 Å². The van der Waals surface area contributed by atoms with E-state index >= 15 is 0 Å². The highest BCUT2D eigenvalue weighted by atomic mass is 16.5. The van der Waals surface area contributed by atoms with Gasteiger partial charge in [0.2, 0.25) is 5.91 Å². The highest BCUT2D eigenvalue weighted by molar-refractivity contribution is 6.08. The molecule has 4 amide bonds. The molecule has 0 aliphatic carbocycles. The van der Waals surface area contributed by atoms with Crippen molar-refractivity contribution >= 4 is 29.5 Å². The lowest BCUT2D eigenvalue weighted by Gasteiger charge is -2.14. The number of esters is 1. The van der Waals surface area contributed by atoms with Crippen molar-refractivity contribution in [1.29, 1.82) is 0 Å². The zero-order valence-corrected chi connectivity index (χ0v) is 13.7.